The molecular formula is C31H34N6O4. The van der Waals surface area contributed by atoms with Crippen molar-refractivity contribution in [1.82, 2.24) is 19.9 Å². The third kappa shape index (κ3) is 6.24. The van der Waals surface area contributed by atoms with Gasteiger partial charge in [0.2, 0.25) is 0 Å². The van der Waals surface area contributed by atoms with E-state index in [-0.39, 0.29) is 6.04 Å². The Morgan fingerprint density at radius 1 is 0.829 bits per heavy atom. The maximum absolute atomic E-state index is 6.39. The number of nitrogen functional groups attached to an aromatic ring is 1. The highest BCUT2D eigenvalue weighted by Gasteiger charge is 2.15. The highest BCUT2D eigenvalue weighted by atomic mass is 16.5. The van der Waals surface area contributed by atoms with Gasteiger partial charge in [-0.2, -0.15) is 0 Å². The van der Waals surface area contributed by atoms with E-state index < -0.39 is 0 Å². The topological polar surface area (TPSA) is 131 Å². The number of fused-ring (bicyclic) bond motifs is 3. The monoisotopic (exact) mass is 554 g/mol. The summed E-state index contributed by atoms with van der Waals surface area (Å²) in [6.07, 6.45) is 5.12. The smallest absolute Gasteiger partial charge is 0.162 e. The van der Waals surface area contributed by atoms with Crippen molar-refractivity contribution in [2.45, 2.75) is 12.6 Å². The third-order valence-corrected chi connectivity index (χ3v) is 6.84. The molecule has 0 spiro atoms. The van der Waals surface area contributed by atoms with Crippen LogP contribution in [0, 0.1) is 0 Å². The van der Waals surface area contributed by atoms with Gasteiger partial charge in [-0.15, -0.1) is 0 Å². The number of rotatable bonds is 11. The molecule has 0 amide bonds. The number of methoxy groups -OCH3 is 3. The van der Waals surface area contributed by atoms with Gasteiger partial charge in [-0.3, -0.25) is 9.97 Å². The largest absolute Gasteiger partial charge is 0.497 e. The second-order valence-electron chi connectivity index (χ2n) is 9.86. The van der Waals surface area contributed by atoms with Crippen molar-refractivity contribution < 1.29 is 18.9 Å². The van der Waals surface area contributed by atoms with E-state index in [4.69, 9.17) is 30.4 Å². The molecule has 0 aliphatic heterocycles. The van der Waals surface area contributed by atoms with Crippen LogP contribution in [0.2, 0.25) is 0 Å². The van der Waals surface area contributed by atoms with Gasteiger partial charge in [-0.05, 0) is 48.3 Å². The first-order chi connectivity index (χ1) is 19.9. The Bertz CT molecular complexity index is 1660. The van der Waals surface area contributed by atoms with Gasteiger partial charge in [0.15, 0.2) is 11.5 Å². The summed E-state index contributed by atoms with van der Waals surface area (Å²) in [4.78, 5) is 15.7. The Balaban J connectivity index is 1.32. The molecule has 0 bridgehead atoms. The Kier molecular flexibility index (Phi) is 8.32. The molecule has 1 atom stereocenters. The van der Waals surface area contributed by atoms with Crippen molar-refractivity contribution in [3.05, 3.63) is 72.7 Å². The van der Waals surface area contributed by atoms with Gasteiger partial charge >= 0.3 is 0 Å². The van der Waals surface area contributed by atoms with Crippen molar-refractivity contribution in [3.63, 3.8) is 0 Å². The lowest BCUT2D eigenvalue weighted by atomic mass is 10.0. The number of ether oxygens (including phenoxy) is 4. The summed E-state index contributed by atoms with van der Waals surface area (Å²) in [7, 11) is 6.90. The van der Waals surface area contributed by atoms with Crippen LogP contribution in [0.5, 0.6) is 23.0 Å². The van der Waals surface area contributed by atoms with Crippen molar-refractivity contribution >= 4 is 27.5 Å². The fourth-order valence-electron chi connectivity index (χ4n) is 4.81. The molecule has 0 aliphatic rings. The molecule has 0 fully saturated rings. The zero-order valence-electron chi connectivity index (χ0n) is 23.6. The lowest BCUT2D eigenvalue weighted by molar-refractivity contribution is 0.232. The predicted molar refractivity (Wildman–Crippen MR) is 161 cm³/mol. The van der Waals surface area contributed by atoms with E-state index in [0.717, 1.165) is 39.5 Å². The maximum Gasteiger partial charge on any atom is 0.162 e. The molecule has 3 heterocycles. The Morgan fingerprint density at radius 2 is 1.59 bits per heavy atom. The zero-order chi connectivity index (χ0) is 28.9. The second kappa shape index (κ2) is 12.2. The molecule has 2 aromatic carbocycles. The van der Waals surface area contributed by atoms with Crippen molar-refractivity contribution in [2.24, 2.45) is 5.73 Å². The molecule has 5 aromatic rings. The van der Waals surface area contributed by atoms with E-state index in [2.05, 4.69) is 32.0 Å². The summed E-state index contributed by atoms with van der Waals surface area (Å²) < 4.78 is 22.2. The van der Waals surface area contributed by atoms with Crippen molar-refractivity contribution in [2.75, 3.05) is 47.3 Å². The molecule has 4 N–H and O–H groups in total. The molecule has 5 rings (SSSR count). The summed E-state index contributed by atoms with van der Waals surface area (Å²) in [5.74, 6) is 3.02. The fourth-order valence-corrected chi connectivity index (χ4v) is 4.81. The van der Waals surface area contributed by atoms with Crippen molar-refractivity contribution in [1.29, 1.82) is 0 Å². The summed E-state index contributed by atoms with van der Waals surface area (Å²) >= 11 is 0. The predicted octanol–water partition coefficient (Wildman–Crippen LogP) is 4.29. The van der Waals surface area contributed by atoms with Gasteiger partial charge in [0.1, 0.15) is 23.9 Å². The van der Waals surface area contributed by atoms with Gasteiger partial charge in [0.05, 0.1) is 44.8 Å². The van der Waals surface area contributed by atoms with Crippen LogP contribution in [0.1, 0.15) is 5.56 Å². The van der Waals surface area contributed by atoms with E-state index >= 15 is 0 Å². The number of aromatic nitrogens is 3. The SMILES string of the molecule is COc1ccc(CN(C)C[C@H](N)COc2cncc(-c3cc4c(cnc5cc(OC)c(OC)cc54)c(N)n3)c2)cc1. The number of hydrogen-bond donors (Lipinski definition) is 2. The minimum Gasteiger partial charge on any atom is -0.497 e. The minimum atomic E-state index is -0.192. The number of likely N-dealkylation sites (N-methyl/N-ethyl adjacent to an activating group) is 1. The molecule has 212 valence electrons. The zero-order valence-corrected chi connectivity index (χ0v) is 23.6. The highest BCUT2D eigenvalue weighted by molar-refractivity contribution is 6.10. The number of nitrogens with zero attached hydrogens (tertiary/aromatic N) is 4. The molecule has 0 unspecified atom stereocenters. The second-order valence-corrected chi connectivity index (χ2v) is 9.86. The molecular weight excluding hydrogens is 520 g/mol. The molecule has 0 radical (unpaired) electrons. The number of anilines is 1. The van der Waals surface area contributed by atoms with E-state index in [1.54, 1.807) is 39.9 Å². The first-order valence-electron chi connectivity index (χ1n) is 13.1. The van der Waals surface area contributed by atoms with Crippen LogP contribution in [0.4, 0.5) is 5.82 Å². The van der Waals surface area contributed by atoms with Gasteiger partial charge in [-0.1, -0.05) is 12.1 Å². The molecule has 10 heteroatoms. The number of hydrogen-bond acceptors (Lipinski definition) is 10. The van der Waals surface area contributed by atoms with Crippen molar-refractivity contribution in [3.8, 4) is 34.3 Å². The lowest BCUT2D eigenvalue weighted by Crippen LogP contribution is -2.39. The van der Waals surface area contributed by atoms with Gasteiger partial charge < -0.3 is 35.3 Å². The molecule has 0 saturated heterocycles. The van der Waals surface area contributed by atoms with Crippen LogP contribution in [0.25, 0.3) is 32.9 Å². The molecule has 41 heavy (non-hydrogen) atoms. The van der Waals surface area contributed by atoms with Gasteiger partial charge in [-0.25, -0.2) is 4.98 Å². The average Bonchev–Trinajstić information content (AvgIpc) is 2.99. The quantitative estimate of drug-likeness (QED) is 0.228. The fraction of sp³-hybridized carbons (Fsp3) is 0.258. The normalized spacial score (nSPS) is 12.0. The van der Waals surface area contributed by atoms with Crippen LogP contribution in [-0.4, -0.2) is 67.4 Å². The van der Waals surface area contributed by atoms with Crippen LogP contribution < -0.4 is 30.4 Å². The number of benzene rings is 2. The van der Waals surface area contributed by atoms with E-state index in [1.165, 1.54) is 5.56 Å². The summed E-state index contributed by atoms with van der Waals surface area (Å²) in [5.41, 5.74) is 16.1. The maximum atomic E-state index is 6.39. The van der Waals surface area contributed by atoms with Crippen LogP contribution in [0.3, 0.4) is 0 Å². The number of nitrogens with two attached hydrogens (primary N) is 2. The summed E-state index contributed by atoms with van der Waals surface area (Å²) in [5, 5.41) is 2.52. The first kappa shape index (κ1) is 27.9. The number of pyridine rings is 3. The first-order valence-corrected chi connectivity index (χ1v) is 13.1. The Morgan fingerprint density at radius 3 is 2.32 bits per heavy atom. The van der Waals surface area contributed by atoms with Gasteiger partial charge in [0.25, 0.3) is 0 Å². The minimum absolute atomic E-state index is 0.192. The molecule has 3 aromatic heterocycles. The van der Waals surface area contributed by atoms with E-state index in [9.17, 15) is 0 Å². The summed E-state index contributed by atoms with van der Waals surface area (Å²) in [6.45, 7) is 1.77. The standard InChI is InChI=1S/C31H34N6O4/c1-37(16-19-5-7-22(38-2)8-6-19)17-21(32)18-41-23-9-20(13-34-14-23)27-10-24-25-11-29(39-3)30(40-4)12-28(25)35-15-26(24)31(33)36-27/h5-15,21H,16-18,32H2,1-4H3,(H2,33,36)/t21-/m0/s1. The molecule has 0 aliphatic carbocycles. The summed E-state index contributed by atoms with van der Waals surface area (Å²) in [6, 6.07) is 15.4. The van der Waals surface area contributed by atoms with E-state index in [1.807, 2.05) is 43.4 Å². The Hall–Kier alpha value is -4.67. The van der Waals surface area contributed by atoms with E-state index in [0.29, 0.717) is 41.9 Å². The Labute approximate surface area is 238 Å². The van der Waals surface area contributed by atoms with Gasteiger partial charge in [0, 0.05) is 47.9 Å². The van der Waals surface area contributed by atoms with Crippen LogP contribution >= 0.6 is 0 Å². The van der Waals surface area contributed by atoms with Crippen LogP contribution in [0.15, 0.2) is 67.1 Å². The average molecular weight is 555 g/mol. The lowest BCUT2D eigenvalue weighted by Gasteiger charge is -2.21. The molecule has 0 saturated carbocycles. The molecule has 10 nitrogen and oxygen atoms in total. The highest BCUT2D eigenvalue weighted by Crippen LogP contribution is 2.37. The third-order valence-electron chi connectivity index (χ3n) is 6.84. The van der Waals surface area contributed by atoms with Crippen LogP contribution in [-0.2, 0) is 6.54 Å².